The molecule has 0 saturated carbocycles. The molecule has 1 aliphatic heterocycles. The Hall–Kier alpha value is -1.18. The summed E-state index contributed by atoms with van der Waals surface area (Å²) in [6, 6.07) is 7.49. The van der Waals surface area contributed by atoms with Crippen molar-refractivity contribution in [1.82, 2.24) is 0 Å². The quantitative estimate of drug-likeness (QED) is 0.555. The minimum atomic E-state index is -0.329. The van der Waals surface area contributed by atoms with Crippen molar-refractivity contribution < 1.29 is 9.47 Å². The van der Waals surface area contributed by atoms with Gasteiger partial charge in [0.15, 0.2) is 11.5 Å². The topological polar surface area (TPSA) is 18.5 Å². The van der Waals surface area contributed by atoms with Crippen molar-refractivity contribution in [1.29, 1.82) is 0 Å². The molecule has 1 atom stereocenters. The van der Waals surface area contributed by atoms with E-state index in [4.69, 9.17) is 16.4 Å². The predicted molar refractivity (Wildman–Crippen MR) is 40.7 cm³/mol. The standard InChI is InChI=1S/C9H8O2/c1-7-6-10-8-4-2-3-5-9(8)11-7/h1-5,7H,6H2. The van der Waals surface area contributed by atoms with E-state index in [1.807, 2.05) is 24.3 Å². The number of benzene rings is 1. The predicted octanol–water partition coefficient (Wildman–Crippen LogP) is 1.54. The van der Waals surface area contributed by atoms with E-state index in [0.29, 0.717) is 6.61 Å². The smallest absolute Gasteiger partial charge is 0.161 e. The molecule has 1 aromatic carbocycles. The Kier molecular flexibility index (Phi) is 1.46. The van der Waals surface area contributed by atoms with Gasteiger partial charge in [-0.05, 0) is 12.1 Å². The molecule has 1 heterocycles. The molecule has 0 bridgehead atoms. The fourth-order valence-electron chi connectivity index (χ4n) is 1.04. The Morgan fingerprint density at radius 1 is 1.27 bits per heavy atom. The molecule has 0 aliphatic carbocycles. The van der Waals surface area contributed by atoms with E-state index >= 15 is 0 Å². The molecule has 0 saturated heterocycles. The molecule has 1 aromatic rings. The molecule has 56 valence electrons. The van der Waals surface area contributed by atoms with Crippen LogP contribution >= 0.6 is 0 Å². The zero-order valence-corrected chi connectivity index (χ0v) is 5.99. The number of fused-ring (bicyclic) bond motifs is 1. The summed E-state index contributed by atoms with van der Waals surface area (Å²) in [6.45, 7) is 5.93. The maximum Gasteiger partial charge on any atom is 0.161 e. The molecule has 0 N–H and O–H groups in total. The molecule has 11 heavy (non-hydrogen) atoms. The van der Waals surface area contributed by atoms with Crippen LogP contribution < -0.4 is 9.47 Å². The summed E-state index contributed by atoms with van der Waals surface area (Å²) in [5.74, 6) is 1.50. The van der Waals surface area contributed by atoms with E-state index in [0.717, 1.165) is 11.5 Å². The van der Waals surface area contributed by atoms with Gasteiger partial charge in [-0.15, -0.1) is 0 Å². The lowest BCUT2D eigenvalue weighted by Crippen LogP contribution is -2.25. The SMILES string of the molecule is [CH]C1COc2ccccc2O1. The maximum atomic E-state index is 5.50. The summed E-state index contributed by atoms with van der Waals surface area (Å²) < 4.78 is 10.6. The van der Waals surface area contributed by atoms with Crippen LogP contribution in [0.25, 0.3) is 0 Å². The van der Waals surface area contributed by atoms with Gasteiger partial charge in [0.2, 0.25) is 0 Å². The van der Waals surface area contributed by atoms with Crippen LogP contribution in [0, 0.1) is 6.92 Å². The summed E-state index contributed by atoms with van der Waals surface area (Å²) in [4.78, 5) is 0. The molecule has 2 heteroatoms. The molecule has 0 spiro atoms. The minimum Gasteiger partial charge on any atom is -0.486 e. The largest absolute Gasteiger partial charge is 0.486 e. The summed E-state index contributed by atoms with van der Waals surface area (Å²) in [6.07, 6.45) is -0.329. The van der Waals surface area contributed by atoms with Crippen LogP contribution in [0.5, 0.6) is 11.5 Å². The number of para-hydroxylation sites is 2. The van der Waals surface area contributed by atoms with Crippen LogP contribution in [0.15, 0.2) is 24.3 Å². The lowest BCUT2D eigenvalue weighted by molar-refractivity contribution is 0.121. The first-order valence-electron chi connectivity index (χ1n) is 3.50. The third-order valence-electron chi connectivity index (χ3n) is 1.53. The second-order valence-electron chi connectivity index (χ2n) is 2.41. The Balaban J connectivity index is 2.34. The summed E-state index contributed by atoms with van der Waals surface area (Å²) in [7, 11) is 0. The highest BCUT2D eigenvalue weighted by Crippen LogP contribution is 2.30. The van der Waals surface area contributed by atoms with Crippen molar-refractivity contribution >= 4 is 0 Å². The first kappa shape index (κ1) is 6.53. The molecule has 1 aliphatic rings. The van der Waals surface area contributed by atoms with Crippen molar-refractivity contribution in [3.8, 4) is 11.5 Å². The number of hydrogen-bond donors (Lipinski definition) is 0. The minimum absolute atomic E-state index is 0.329. The first-order chi connectivity index (χ1) is 5.36. The van der Waals surface area contributed by atoms with Crippen LogP contribution in [-0.4, -0.2) is 12.7 Å². The molecule has 2 nitrogen and oxygen atoms in total. The average molecular weight is 148 g/mol. The van der Waals surface area contributed by atoms with Gasteiger partial charge in [-0.3, -0.25) is 0 Å². The van der Waals surface area contributed by atoms with Crippen LogP contribution in [0.2, 0.25) is 0 Å². The molecule has 1 unspecified atom stereocenters. The van der Waals surface area contributed by atoms with Crippen LogP contribution in [-0.2, 0) is 0 Å². The Morgan fingerprint density at radius 3 is 2.82 bits per heavy atom. The Labute approximate surface area is 65.7 Å². The van der Waals surface area contributed by atoms with E-state index in [2.05, 4.69) is 0 Å². The zero-order chi connectivity index (χ0) is 7.68. The van der Waals surface area contributed by atoms with Gasteiger partial charge in [0.25, 0.3) is 0 Å². The Bertz CT molecular complexity index is 257. The first-order valence-corrected chi connectivity index (χ1v) is 3.50. The van der Waals surface area contributed by atoms with Crippen molar-refractivity contribution in [3.05, 3.63) is 31.2 Å². The van der Waals surface area contributed by atoms with Crippen LogP contribution in [0.1, 0.15) is 0 Å². The molecule has 2 radical (unpaired) electrons. The van der Waals surface area contributed by atoms with E-state index in [9.17, 15) is 0 Å². The van der Waals surface area contributed by atoms with E-state index in [1.54, 1.807) is 0 Å². The summed E-state index contributed by atoms with van der Waals surface area (Å²) >= 11 is 0. The third kappa shape index (κ3) is 1.16. The third-order valence-corrected chi connectivity index (χ3v) is 1.53. The second-order valence-corrected chi connectivity index (χ2v) is 2.41. The fourth-order valence-corrected chi connectivity index (χ4v) is 1.04. The number of rotatable bonds is 0. The van der Waals surface area contributed by atoms with Crippen molar-refractivity contribution in [2.75, 3.05) is 6.61 Å². The molecule has 2 rings (SSSR count). The number of hydrogen-bond acceptors (Lipinski definition) is 2. The summed E-state index contributed by atoms with van der Waals surface area (Å²) in [5.41, 5.74) is 0. The molecular formula is C9H8O2. The number of ether oxygens (including phenoxy) is 2. The van der Waals surface area contributed by atoms with E-state index < -0.39 is 0 Å². The van der Waals surface area contributed by atoms with Gasteiger partial charge in [0, 0.05) is 6.92 Å². The molecule has 0 fully saturated rings. The normalized spacial score (nSPS) is 21.4. The van der Waals surface area contributed by atoms with Gasteiger partial charge in [-0.2, -0.15) is 0 Å². The average Bonchev–Trinajstić information content (AvgIpc) is 2.04. The highest BCUT2D eigenvalue weighted by Gasteiger charge is 2.15. The van der Waals surface area contributed by atoms with Gasteiger partial charge in [-0.25, -0.2) is 0 Å². The maximum absolute atomic E-state index is 5.50. The van der Waals surface area contributed by atoms with E-state index in [1.165, 1.54) is 0 Å². The van der Waals surface area contributed by atoms with E-state index in [-0.39, 0.29) is 6.10 Å². The fraction of sp³-hybridized carbons (Fsp3) is 0.222. The van der Waals surface area contributed by atoms with Gasteiger partial charge in [0.1, 0.15) is 12.7 Å². The van der Waals surface area contributed by atoms with Crippen molar-refractivity contribution in [2.45, 2.75) is 6.10 Å². The molecule has 0 amide bonds. The lowest BCUT2D eigenvalue weighted by atomic mass is 10.3. The second kappa shape index (κ2) is 2.46. The molecular weight excluding hydrogens is 140 g/mol. The molecule has 0 aromatic heterocycles. The monoisotopic (exact) mass is 148 g/mol. The highest BCUT2D eigenvalue weighted by molar-refractivity contribution is 5.40. The van der Waals surface area contributed by atoms with Crippen molar-refractivity contribution in [2.24, 2.45) is 0 Å². The van der Waals surface area contributed by atoms with Gasteiger partial charge in [-0.1, -0.05) is 12.1 Å². The lowest BCUT2D eigenvalue weighted by Gasteiger charge is -2.23. The zero-order valence-electron chi connectivity index (χ0n) is 5.99. The van der Waals surface area contributed by atoms with Crippen LogP contribution in [0.3, 0.4) is 0 Å². The summed E-state index contributed by atoms with van der Waals surface area (Å²) in [5, 5.41) is 0. The Morgan fingerprint density at radius 2 is 2.00 bits per heavy atom. The van der Waals surface area contributed by atoms with Gasteiger partial charge >= 0.3 is 0 Å². The van der Waals surface area contributed by atoms with Gasteiger partial charge < -0.3 is 9.47 Å². The highest BCUT2D eigenvalue weighted by atomic mass is 16.6. The van der Waals surface area contributed by atoms with Gasteiger partial charge in [0.05, 0.1) is 0 Å². The van der Waals surface area contributed by atoms with Crippen molar-refractivity contribution in [3.63, 3.8) is 0 Å². The van der Waals surface area contributed by atoms with Crippen LogP contribution in [0.4, 0.5) is 0 Å².